The van der Waals surface area contributed by atoms with Crippen molar-refractivity contribution in [1.82, 2.24) is 0 Å². The second-order valence-corrected chi connectivity index (χ2v) is 62.5. The van der Waals surface area contributed by atoms with Gasteiger partial charge in [0.15, 0.2) is 0 Å². The van der Waals surface area contributed by atoms with Crippen molar-refractivity contribution in [2.24, 2.45) is 0 Å². The number of fused-ring (bicyclic) bond motifs is 9. The van der Waals surface area contributed by atoms with Crippen molar-refractivity contribution in [1.29, 1.82) is 0 Å². The third kappa shape index (κ3) is 14.9. The van der Waals surface area contributed by atoms with E-state index >= 15 is 0 Å². The van der Waals surface area contributed by atoms with Crippen LogP contribution in [0.2, 0.25) is 29.6 Å². The van der Waals surface area contributed by atoms with Crippen molar-refractivity contribution in [2.45, 2.75) is 222 Å². The van der Waals surface area contributed by atoms with Crippen molar-refractivity contribution in [3.63, 3.8) is 0 Å². The molecule has 4 aromatic carbocycles. The maximum atomic E-state index is 6.59. The fourth-order valence-electron chi connectivity index (χ4n) is 13.6. The van der Waals surface area contributed by atoms with Gasteiger partial charge >= 0.3 is 431 Å². The van der Waals surface area contributed by atoms with Crippen LogP contribution in [0.4, 0.5) is 0 Å². The molecule has 2 aliphatic carbocycles. The van der Waals surface area contributed by atoms with Crippen LogP contribution < -0.4 is 24.7 Å². The van der Waals surface area contributed by atoms with E-state index in [0.717, 1.165) is 75.1 Å². The summed E-state index contributed by atoms with van der Waals surface area (Å²) in [5.41, 5.74) is 9.93. The summed E-state index contributed by atoms with van der Waals surface area (Å²) >= 11 is 3.10. The number of ether oxygens (including phenoxy) is 4. The van der Waals surface area contributed by atoms with E-state index < -0.39 is 47.6 Å². The van der Waals surface area contributed by atoms with Crippen LogP contribution in [0.5, 0.6) is 23.0 Å². The standard InChI is InChI=1S/C72H86O4S4.6CH3.2Sn/c1-5-9-13-17-21-25-47-73-57-37-29-53(30-38-57)71(54-31-39-58(40-32-54)74-48-26-22-18-14-10-6-2)61-45-51-77-65(61)67-63(71)69-70(79-67)64-68(80-69)66-62(46-52-78-66)72(64,55-33-41-59(42-34-55)75-49-27-23-19-15-11-7-3)56-35-43-60(44-36-56)76-50-28-24-20-16-12-8-4;;;;;;;;/h29-46H,5-28,47-50H2,1-4H3;6*1H3;;. The molecule has 2 aliphatic rings. The molecule has 0 atom stereocenters. The molecular weight excluding hydrogens is 1370 g/mol. The molecule has 472 valence electrons. The van der Waals surface area contributed by atoms with E-state index in [0.29, 0.717) is 0 Å². The molecule has 4 nitrogen and oxygen atoms in total. The molecule has 0 N–H and O–H groups in total. The SMILES string of the molecule is CCCCCCCCOc1ccc(C2(c3ccc(OCCCCCCCC)cc3)c3c[c]([Sn]([CH3])([CH3])[CH3])sc3-c3sc4c5c(sc4c32)-c2s[c]([Sn]([CH3])([CH3])[CH3])cc2C5(c2ccc(OCCCCCCCC)cc2)c2ccc(OCCCCCCCC)cc2)cc1. The molecule has 0 saturated heterocycles. The molecule has 0 fully saturated rings. The van der Waals surface area contributed by atoms with Gasteiger partial charge in [0, 0.05) is 0 Å². The van der Waals surface area contributed by atoms with E-state index in [1.165, 1.54) is 202 Å². The molecule has 88 heavy (non-hydrogen) atoms. The Morgan fingerprint density at radius 3 is 0.773 bits per heavy atom. The van der Waals surface area contributed by atoms with Crippen LogP contribution in [-0.2, 0) is 10.8 Å². The molecule has 0 saturated carbocycles. The van der Waals surface area contributed by atoms with Gasteiger partial charge in [-0.25, -0.2) is 0 Å². The van der Waals surface area contributed by atoms with Crippen LogP contribution in [0, 0.1) is 0 Å². The Kier molecular flexibility index (Phi) is 24.3. The van der Waals surface area contributed by atoms with Gasteiger partial charge in [-0.3, -0.25) is 0 Å². The first-order valence-electron chi connectivity index (χ1n) is 34.6. The molecular formula is C78H104O4S4Sn2. The van der Waals surface area contributed by atoms with Gasteiger partial charge < -0.3 is 0 Å². The Bertz CT molecular complexity index is 3090. The zero-order valence-corrected chi connectivity index (χ0v) is 64.4. The van der Waals surface area contributed by atoms with Gasteiger partial charge in [-0.15, -0.1) is 0 Å². The van der Waals surface area contributed by atoms with E-state index in [2.05, 4.69) is 212 Å². The summed E-state index contributed by atoms with van der Waals surface area (Å²) in [4.78, 5) is 21.4. The third-order valence-corrected chi connectivity index (χ3v) is 42.6. The Labute approximate surface area is 555 Å². The van der Waals surface area contributed by atoms with E-state index in [-0.39, 0.29) is 0 Å². The molecule has 4 heterocycles. The summed E-state index contributed by atoms with van der Waals surface area (Å²) in [5, 5.41) is 0. The van der Waals surface area contributed by atoms with Crippen molar-refractivity contribution < 1.29 is 18.9 Å². The average molecular weight is 1470 g/mol. The van der Waals surface area contributed by atoms with Crippen LogP contribution in [0.3, 0.4) is 0 Å². The summed E-state index contributed by atoms with van der Waals surface area (Å²) in [6, 6.07) is 43.1. The van der Waals surface area contributed by atoms with Crippen molar-refractivity contribution in [2.75, 3.05) is 26.4 Å². The first-order valence-corrected chi connectivity index (χ1v) is 57.9. The summed E-state index contributed by atoms with van der Waals surface area (Å²) < 4.78 is 32.5. The van der Waals surface area contributed by atoms with Crippen LogP contribution in [0.15, 0.2) is 109 Å². The normalized spacial score (nSPS) is 13.9. The summed E-state index contributed by atoms with van der Waals surface area (Å²) in [7, 11) is 0. The topological polar surface area (TPSA) is 36.9 Å². The number of thiophene rings is 4. The number of unbranched alkanes of at least 4 members (excludes halogenated alkanes) is 20. The van der Waals surface area contributed by atoms with Crippen LogP contribution >= 0.6 is 45.3 Å². The predicted octanol–water partition coefficient (Wildman–Crippen LogP) is 23.9. The summed E-state index contributed by atoms with van der Waals surface area (Å²) in [6.45, 7) is 12.2. The monoisotopic (exact) mass is 1470 g/mol. The average Bonchev–Trinajstić information content (AvgIpc) is 1.49. The van der Waals surface area contributed by atoms with Crippen LogP contribution in [0.1, 0.15) is 226 Å². The van der Waals surface area contributed by atoms with Crippen molar-refractivity contribution >= 4 is 97.3 Å². The van der Waals surface area contributed by atoms with Crippen molar-refractivity contribution in [3.05, 3.63) is 154 Å². The first-order chi connectivity index (χ1) is 42.8. The zero-order chi connectivity index (χ0) is 61.7. The molecule has 8 aromatic rings. The van der Waals surface area contributed by atoms with Gasteiger partial charge in [-0.05, 0) is 0 Å². The van der Waals surface area contributed by atoms with Crippen LogP contribution in [-0.4, -0.2) is 63.2 Å². The molecule has 0 bridgehead atoms. The fourth-order valence-corrected chi connectivity index (χ4v) is 29.9. The Hall–Kier alpha value is -3.26. The number of benzene rings is 4. The summed E-state index contributed by atoms with van der Waals surface area (Å²) in [6.07, 6.45) is 30.0. The Morgan fingerprint density at radius 1 is 0.295 bits per heavy atom. The predicted molar refractivity (Wildman–Crippen MR) is 392 cm³/mol. The van der Waals surface area contributed by atoms with Crippen LogP contribution in [0.25, 0.3) is 28.9 Å². The van der Waals surface area contributed by atoms with Gasteiger partial charge in [0.25, 0.3) is 0 Å². The van der Waals surface area contributed by atoms with Gasteiger partial charge in [0.1, 0.15) is 0 Å². The number of rotatable bonds is 38. The molecule has 0 unspecified atom stereocenters. The van der Waals surface area contributed by atoms with Gasteiger partial charge in [0.05, 0.1) is 0 Å². The Morgan fingerprint density at radius 2 is 0.534 bits per heavy atom. The van der Waals surface area contributed by atoms with Gasteiger partial charge in [-0.1, -0.05) is 130 Å². The molecule has 0 spiro atoms. The second kappa shape index (κ2) is 31.6. The fraction of sp³-hybridized carbons (Fsp3) is 0.513. The van der Waals surface area contributed by atoms with Crippen molar-refractivity contribution in [3.8, 4) is 42.5 Å². The van der Waals surface area contributed by atoms with E-state index in [1.807, 2.05) is 0 Å². The minimum absolute atomic E-state index is 0.569. The molecule has 0 amide bonds. The molecule has 0 aliphatic heterocycles. The number of hydrogen-bond acceptors (Lipinski definition) is 8. The van der Waals surface area contributed by atoms with E-state index in [9.17, 15) is 0 Å². The van der Waals surface area contributed by atoms with Gasteiger partial charge in [-0.2, -0.15) is 0 Å². The second-order valence-electron chi connectivity index (χ2n) is 27.5. The quantitative estimate of drug-likeness (QED) is 0.0285. The third-order valence-electron chi connectivity index (χ3n) is 18.7. The zero-order valence-electron chi connectivity index (χ0n) is 55.5. The minimum atomic E-state index is -2.66. The van der Waals surface area contributed by atoms with E-state index in [1.54, 1.807) is 5.79 Å². The van der Waals surface area contributed by atoms with E-state index in [4.69, 9.17) is 18.9 Å². The molecule has 0 radical (unpaired) electrons. The first kappa shape index (κ1) is 67.6. The molecule has 4 aromatic heterocycles. The summed E-state index contributed by atoms with van der Waals surface area (Å²) in [5.74, 6) is 3.83. The molecule has 10 heteroatoms. The number of hydrogen-bond donors (Lipinski definition) is 0. The molecule has 10 rings (SSSR count). The maximum absolute atomic E-state index is 6.59. The van der Waals surface area contributed by atoms with Gasteiger partial charge in [0.2, 0.25) is 0 Å². The Balaban J connectivity index is 1.14.